The van der Waals surface area contributed by atoms with Crippen molar-refractivity contribution in [1.82, 2.24) is 15.3 Å². The van der Waals surface area contributed by atoms with Gasteiger partial charge in [-0.15, -0.1) is 0 Å². The first-order valence-electron chi connectivity index (χ1n) is 7.73. The van der Waals surface area contributed by atoms with E-state index in [2.05, 4.69) is 15.3 Å². The van der Waals surface area contributed by atoms with Gasteiger partial charge in [-0.1, -0.05) is 29.8 Å². The molecule has 0 aliphatic heterocycles. The Bertz CT molecular complexity index is 759. The van der Waals surface area contributed by atoms with Gasteiger partial charge in [0.2, 0.25) is 0 Å². The number of hydrogen-bond acceptors (Lipinski definition) is 4. The Morgan fingerprint density at radius 3 is 2.62 bits per heavy atom. The van der Waals surface area contributed by atoms with Crippen molar-refractivity contribution in [3.63, 3.8) is 0 Å². The summed E-state index contributed by atoms with van der Waals surface area (Å²) < 4.78 is 0. The van der Waals surface area contributed by atoms with Crippen molar-refractivity contribution in [3.05, 3.63) is 58.7 Å². The Kier molecular flexibility index (Phi) is 5.63. The highest BCUT2D eigenvalue weighted by atomic mass is 16.4. The Morgan fingerprint density at radius 1 is 1.25 bits per heavy atom. The molecule has 0 saturated carbocycles. The van der Waals surface area contributed by atoms with Gasteiger partial charge in [0.15, 0.2) is 0 Å². The minimum Gasteiger partial charge on any atom is -0.481 e. The van der Waals surface area contributed by atoms with Gasteiger partial charge in [0.25, 0.3) is 5.91 Å². The van der Waals surface area contributed by atoms with E-state index in [0.29, 0.717) is 23.5 Å². The minimum atomic E-state index is -0.936. The largest absolute Gasteiger partial charge is 0.481 e. The molecule has 0 aliphatic carbocycles. The van der Waals surface area contributed by atoms with Gasteiger partial charge < -0.3 is 10.4 Å². The lowest BCUT2D eigenvalue weighted by Crippen LogP contribution is -2.34. The Balaban J connectivity index is 2.03. The Hall–Kier alpha value is -2.76. The van der Waals surface area contributed by atoms with Gasteiger partial charge in [0.05, 0.1) is 17.2 Å². The molecule has 0 saturated heterocycles. The molecule has 1 atom stereocenters. The lowest BCUT2D eigenvalue weighted by molar-refractivity contribution is -0.141. The van der Waals surface area contributed by atoms with Crippen LogP contribution in [0.2, 0.25) is 0 Å². The molecule has 1 heterocycles. The van der Waals surface area contributed by atoms with Crippen molar-refractivity contribution in [3.8, 4) is 0 Å². The van der Waals surface area contributed by atoms with Crippen LogP contribution in [-0.4, -0.2) is 33.5 Å². The van der Waals surface area contributed by atoms with E-state index in [1.807, 2.05) is 31.2 Å². The number of carbonyl (C=O) groups is 2. The first kappa shape index (κ1) is 17.6. The first-order valence-corrected chi connectivity index (χ1v) is 7.73. The number of nitrogens with zero attached hydrogens (tertiary/aromatic N) is 2. The maximum Gasteiger partial charge on any atom is 0.308 e. The lowest BCUT2D eigenvalue weighted by atomic mass is 9.98. The quantitative estimate of drug-likeness (QED) is 0.847. The van der Waals surface area contributed by atoms with Gasteiger partial charge in [-0.3, -0.25) is 9.59 Å². The molecule has 0 aliphatic rings. The number of aryl methyl sites for hydroxylation is 3. The molecule has 1 aromatic heterocycles. The number of carboxylic acids is 1. The zero-order valence-electron chi connectivity index (χ0n) is 14.0. The van der Waals surface area contributed by atoms with E-state index >= 15 is 0 Å². The summed E-state index contributed by atoms with van der Waals surface area (Å²) in [7, 11) is 0. The van der Waals surface area contributed by atoms with Gasteiger partial charge in [-0.05, 0) is 32.8 Å². The van der Waals surface area contributed by atoms with E-state index in [-0.39, 0.29) is 12.5 Å². The number of rotatable bonds is 6. The molecule has 0 fully saturated rings. The summed E-state index contributed by atoms with van der Waals surface area (Å²) in [6.07, 6.45) is 1.82. The number of hydrogen-bond donors (Lipinski definition) is 2. The minimum absolute atomic E-state index is 0.0510. The zero-order chi connectivity index (χ0) is 17.7. The molecule has 24 heavy (non-hydrogen) atoms. The van der Waals surface area contributed by atoms with Crippen molar-refractivity contribution in [2.75, 3.05) is 6.54 Å². The fraction of sp³-hybridized carbons (Fsp3) is 0.333. The second-order valence-electron chi connectivity index (χ2n) is 5.85. The molecule has 1 aromatic carbocycles. The van der Waals surface area contributed by atoms with Crippen LogP contribution in [0.15, 0.2) is 30.5 Å². The summed E-state index contributed by atoms with van der Waals surface area (Å²) in [5, 5.41) is 12.1. The standard InChI is InChI=1S/C18H21N3O3/c1-11-5-4-6-14(7-11)8-15(18(23)24)9-20-17(22)16-10-19-13(3)21-12(16)2/h4-7,10,15H,8-9H2,1-3H3,(H,20,22)(H,23,24). The second-order valence-corrected chi connectivity index (χ2v) is 5.85. The van der Waals surface area contributed by atoms with E-state index in [0.717, 1.165) is 11.1 Å². The highest BCUT2D eigenvalue weighted by molar-refractivity contribution is 5.95. The van der Waals surface area contributed by atoms with Crippen molar-refractivity contribution < 1.29 is 14.7 Å². The van der Waals surface area contributed by atoms with E-state index < -0.39 is 11.9 Å². The average molecular weight is 327 g/mol. The fourth-order valence-electron chi connectivity index (χ4n) is 2.49. The summed E-state index contributed by atoms with van der Waals surface area (Å²) in [6.45, 7) is 5.48. The number of amides is 1. The maximum absolute atomic E-state index is 12.2. The number of carbonyl (C=O) groups excluding carboxylic acids is 1. The third-order valence-corrected chi connectivity index (χ3v) is 3.77. The summed E-state index contributed by atoms with van der Waals surface area (Å²) in [6, 6.07) is 7.70. The zero-order valence-corrected chi connectivity index (χ0v) is 14.0. The van der Waals surface area contributed by atoms with E-state index in [9.17, 15) is 14.7 Å². The molecule has 1 amide bonds. The van der Waals surface area contributed by atoms with Gasteiger partial charge in [-0.25, -0.2) is 9.97 Å². The normalized spacial score (nSPS) is 11.8. The number of carboxylic acid groups (broad SMARTS) is 1. The van der Waals surface area contributed by atoms with Crippen LogP contribution in [0.5, 0.6) is 0 Å². The van der Waals surface area contributed by atoms with Crippen molar-refractivity contribution in [2.45, 2.75) is 27.2 Å². The van der Waals surface area contributed by atoms with Crippen LogP contribution >= 0.6 is 0 Å². The monoisotopic (exact) mass is 327 g/mol. The summed E-state index contributed by atoms with van der Waals surface area (Å²) >= 11 is 0. The van der Waals surface area contributed by atoms with Crippen LogP contribution in [0.1, 0.15) is 33.0 Å². The van der Waals surface area contributed by atoms with Crippen molar-refractivity contribution in [1.29, 1.82) is 0 Å². The SMILES string of the molecule is Cc1cccc(CC(CNC(=O)c2cnc(C)nc2C)C(=O)O)c1. The molecule has 2 N–H and O–H groups in total. The molecular formula is C18H21N3O3. The predicted octanol–water partition coefficient (Wildman–Crippen LogP) is 2.08. The summed E-state index contributed by atoms with van der Waals surface area (Å²) in [5.74, 6) is -1.40. The number of benzene rings is 1. The Morgan fingerprint density at radius 2 is 2.00 bits per heavy atom. The molecule has 0 bridgehead atoms. The average Bonchev–Trinajstić information content (AvgIpc) is 2.51. The smallest absolute Gasteiger partial charge is 0.308 e. The first-order chi connectivity index (χ1) is 11.4. The lowest BCUT2D eigenvalue weighted by Gasteiger charge is -2.14. The third-order valence-electron chi connectivity index (χ3n) is 3.77. The molecule has 2 rings (SSSR count). The number of aliphatic carboxylic acids is 1. The maximum atomic E-state index is 12.2. The van der Waals surface area contributed by atoms with Crippen LogP contribution in [-0.2, 0) is 11.2 Å². The number of aromatic nitrogens is 2. The van der Waals surface area contributed by atoms with Crippen molar-refractivity contribution >= 4 is 11.9 Å². The second kappa shape index (κ2) is 7.68. The topological polar surface area (TPSA) is 92.2 Å². The van der Waals surface area contributed by atoms with Gasteiger partial charge in [0.1, 0.15) is 5.82 Å². The van der Waals surface area contributed by atoms with Gasteiger partial charge in [-0.2, -0.15) is 0 Å². The molecule has 2 aromatic rings. The molecule has 6 heteroatoms. The van der Waals surface area contributed by atoms with Crippen LogP contribution < -0.4 is 5.32 Å². The van der Waals surface area contributed by atoms with Crippen molar-refractivity contribution in [2.24, 2.45) is 5.92 Å². The Labute approximate surface area is 141 Å². The van der Waals surface area contributed by atoms with Gasteiger partial charge in [0, 0.05) is 12.7 Å². The highest BCUT2D eigenvalue weighted by Gasteiger charge is 2.20. The van der Waals surface area contributed by atoms with Crippen LogP contribution in [0.25, 0.3) is 0 Å². The van der Waals surface area contributed by atoms with Crippen LogP contribution in [0.3, 0.4) is 0 Å². The molecule has 0 radical (unpaired) electrons. The molecule has 0 spiro atoms. The number of nitrogens with one attached hydrogen (secondary N) is 1. The summed E-state index contributed by atoms with van der Waals surface area (Å²) in [5.41, 5.74) is 2.95. The predicted molar refractivity (Wildman–Crippen MR) is 89.8 cm³/mol. The molecule has 6 nitrogen and oxygen atoms in total. The molecular weight excluding hydrogens is 306 g/mol. The van der Waals surface area contributed by atoms with E-state index in [1.54, 1.807) is 13.8 Å². The van der Waals surface area contributed by atoms with Gasteiger partial charge >= 0.3 is 5.97 Å². The van der Waals surface area contributed by atoms with Crippen LogP contribution in [0, 0.1) is 26.7 Å². The third kappa shape index (κ3) is 4.62. The van der Waals surface area contributed by atoms with E-state index in [1.165, 1.54) is 6.20 Å². The fourth-order valence-corrected chi connectivity index (χ4v) is 2.49. The highest BCUT2D eigenvalue weighted by Crippen LogP contribution is 2.11. The molecule has 126 valence electrons. The van der Waals surface area contributed by atoms with Crippen LogP contribution in [0.4, 0.5) is 0 Å². The molecule has 1 unspecified atom stereocenters. The van der Waals surface area contributed by atoms with E-state index in [4.69, 9.17) is 0 Å². The summed E-state index contributed by atoms with van der Waals surface area (Å²) in [4.78, 5) is 31.9.